The molecule has 0 aliphatic carbocycles. The number of ether oxygens (including phenoxy) is 2. The number of aromatic nitrogens is 1. The summed E-state index contributed by atoms with van der Waals surface area (Å²) in [6.45, 7) is 6.68. The van der Waals surface area contributed by atoms with E-state index in [0.717, 1.165) is 59.3 Å². The summed E-state index contributed by atoms with van der Waals surface area (Å²) < 4.78 is 12.0. The predicted molar refractivity (Wildman–Crippen MR) is 131 cm³/mol. The Balaban J connectivity index is 0.00000272. The highest BCUT2D eigenvalue weighted by atomic mass is 35.5. The van der Waals surface area contributed by atoms with Crippen LogP contribution in [-0.2, 0) is 9.53 Å². The third-order valence-corrected chi connectivity index (χ3v) is 7.14. The first kappa shape index (κ1) is 23.7. The van der Waals surface area contributed by atoms with E-state index in [4.69, 9.17) is 14.5 Å². The van der Waals surface area contributed by atoms with E-state index in [-0.39, 0.29) is 18.3 Å². The van der Waals surface area contributed by atoms with E-state index in [2.05, 4.69) is 11.8 Å². The van der Waals surface area contributed by atoms with Crippen molar-refractivity contribution in [3.8, 4) is 5.75 Å². The molecule has 31 heavy (non-hydrogen) atoms. The van der Waals surface area contributed by atoms with Crippen molar-refractivity contribution in [2.24, 2.45) is 0 Å². The maximum atomic E-state index is 13.2. The summed E-state index contributed by atoms with van der Waals surface area (Å²) in [6.07, 6.45) is 3.51. The molecule has 1 fully saturated rings. The van der Waals surface area contributed by atoms with Crippen LogP contribution in [0.4, 0.5) is 5.13 Å². The van der Waals surface area contributed by atoms with E-state index in [9.17, 15) is 4.79 Å². The summed E-state index contributed by atoms with van der Waals surface area (Å²) in [5.41, 5.74) is 1.94. The highest BCUT2D eigenvalue weighted by Crippen LogP contribution is 2.36. The first-order valence-electron chi connectivity index (χ1n) is 9.93. The van der Waals surface area contributed by atoms with Crippen LogP contribution in [0.15, 0.2) is 35.7 Å². The number of carbonyl (C=O) groups excluding carboxylic acids is 1. The van der Waals surface area contributed by atoms with Crippen LogP contribution < -0.4 is 9.64 Å². The number of rotatable bonds is 7. The molecule has 1 saturated heterocycles. The molecule has 3 heterocycles. The van der Waals surface area contributed by atoms with E-state index in [1.165, 1.54) is 11.3 Å². The van der Waals surface area contributed by atoms with Gasteiger partial charge in [-0.15, -0.1) is 23.7 Å². The number of thiophene rings is 1. The van der Waals surface area contributed by atoms with E-state index in [0.29, 0.717) is 11.7 Å². The average molecular weight is 480 g/mol. The number of hydrogen-bond acceptors (Lipinski definition) is 7. The lowest BCUT2D eigenvalue weighted by Gasteiger charge is -2.28. The lowest BCUT2D eigenvalue weighted by Crippen LogP contribution is -2.42. The zero-order valence-corrected chi connectivity index (χ0v) is 20.0. The molecule has 0 radical (unpaired) electrons. The highest BCUT2D eigenvalue weighted by molar-refractivity contribution is 7.22. The number of morpholine rings is 1. The molecular formula is C22H26ClN3O3S2. The van der Waals surface area contributed by atoms with Crippen molar-refractivity contribution in [3.05, 3.63) is 46.2 Å². The lowest BCUT2D eigenvalue weighted by atomic mass is 10.2. The number of methoxy groups -OCH3 is 1. The fourth-order valence-corrected chi connectivity index (χ4v) is 5.08. The summed E-state index contributed by atoms with van der Waals surface area (Å²) in [5.74, 6) is 0.667. The molecular weight excluding hydrogens is 454 g/mol. The number of amides is 1. The van der Waals surface area contributed by atoms with Gasteiger partial charge in [-0.05, 0) is 36.1 Å². The fraction of sp³-hybridized carbons (Fsp3) is 0.364. The molecule has 0 saturated carbocycles. The number of benzene rings is 1. The van der Waals surface area contributed by atoms with Crippen LogP contribution in [0.3, 0.4) is 0 Å². The van der Waals surface area contributed by atoms with Crippen molar-refractivity contribution in [1.82, 2.24) is 9.88 Å². The van der Waals surface area contributed by atoms with Gasteiger partial charge in [0.2, 0.25) is 0 Å². The number of thiazole rings is 1. The van der Waals surface area contributed by atoms with Gasteiger partial charge in [-0.25, -0.2) is 4.98 Å². The van der Waals surface area contributed by atoms with Crippen LogP contribution in [0, 0.1) is 6.92 Å². The van der Waals surface area contributed by atoms with Crippen LogP contribution >= 0.6 is 35.1 Å². The molecule has 2 aromatic heterocycles. The van der Waals surface area contributed by atoms with Gasteiger partial charge in [0.05, 0.1) is 25.0 Å². The molecule has 166 valence electrons. The smallest absolute Gasteiger partial charge is 0.252 e. The molecule has 9 heteroatoms. The minimum absolute atomic E-state index is 0. The number of anilines is 1. The van der Waals surface area contributed by atoms with Crippen molar-refractivity contribution >= 4 is 62.4 Å². The number of aryl methyl sites for hydroxylation is 1. The summed E-state index contributed by atoms with van der Waals surface area (Å²) in [4.78, 5) is 23.1. The van der Waals surface area contributed by atoms with Gasteiger partial charge < -0.3 is 9.47 Å². The minimum Gasteiger partial charge on any atom is -0.494 e. The standard InChI is InChI=1S/C22H25N3O3S2.ClH/c1-16-5-7-18(27-2)20-21(16)30-22(23-20)25(10-9-24-11-13-28-14-12-24)19(26)8-6-17-4-3-15-29-17;/h3-8,15H,9-14H2,1-2H3;1H. The molecule has 0 bridgehead atoms. The lowest BCUT2D eigenvalue weighted by molar-refractivity contribution is -0.114. The van der Waals surface area contributed by atoms with Gasteiger partial charge in [0.25, 0.3) is 5.91 Å². The Kier molecular flexibility index (Phi) is 8.45. The molecule has 1 amide bonds. The zero-order valence-electron chi connectivity index (χ0n) is 17.6. The van der Waals surface area contributed by atoms with Crippen molar-refractivity contribution in [1.29, 1.82) is 0 Å². The molecule has 1 aromatic carbocycles. The Labute approximate surface area is 196 Å². The van der Waals surface area contributed by atoms with E-state index < -0.39 is 0 Å². The zero-order chi connectivity index (χ0) is 20.9. The highest BCUT2D eigenvalue weighted by Gasteiger charge is 2.21. The number of carbonyl (C=O) groups is 1. The van der Waals surface area contributed by atoms with Gasteiger partial charge in [0.15, 0.2) is 5.13 Å². The van der Waals surface area contributed by atoms with E-state index in [1.54, 1.807) is 29.4 Å². The van der Waals surface area contributed by atoms with Crippen molar-refractivity contribution in [3.63, 3.8) is 0 Å². The molecule has 6 nitrogen and oxygen atoms in total. The van der Waals surface area contributed by atoms with Gasteiger partial charge in [-0.3, -0.25) is 14.6 Å². The van der Waals surface area contributed by atoms with Crippen LogP contribution in [0.25, 0.3) is 16.3 Å². The van der Waals surface area contributed by atoms with Crippen molar-refractivity contribution in [2.75, 3.05) is 51.4 Å². The molecule has 0 atom stereocenters. The molecule has 3 aromatic rings. The van der Waals surface area contributed by atoms with Gasteiger partial charge in [0.1, 0.15) is 11.3 Å². The van der Waals surface area contributed by atoms with E-state index in [1.807, 2.05) is 35.7 Å². The van der Waals surface area contributed by atoms with Crippen molar-refractivity contribution < 1.29 is 14.3 Å². The third kappa shape index (κ3) is 5.64. The quantitative estimate of drug-likeness (QED) is 0.468. The Morgan fingerprint density at radius 2 is 2.13 bits per heavy atom. The summed E-state index contributed by atoms with van der Waals surface area (Å²) in [5, 5.41) is 2.70. The Hall–Kier alpha value is -1.97. The number of nitrogens with zero attached hydrogens (tertiary/aromatic N) is 3. The number of hydrogen-bond donors (Lipinski definition) is 0. The van der Waals surface area contributed by atoms with Crippen LogP contribution in [-0.4, -0.2) is 62.3 Å². The maximum absolute atomic E-state index is 13.2. The Morgan fingerprint density at radius 3 is 2.84 bits per heavy atom. The topological polar surface area (TPSA) is 54.9 Å². The van der Waals surface area contributed by atoms with Crippen molar-refractivity contribution in [2.45, 2.75) is 6.92 Å². The largest absolute Gasteiger partial charge is 0.494 e. The van der Waals surface area contributed by atoms with Gasteiger partial charge in [0, 0.05) is 37.1 Å². The summed E-state index contributed by atoms with van der Waals surface area (Å²) in [7, 11) is 1.65. The van der Waals surface area contributed by atoms with Gasteiger partial charge in [-0.1, -0.05) is 23.5 Å². The second-order valence-corrected chi connectivity index (χ2v) is 9.01. The molecule has 0 N–H and O–H groups in total. The summed E-state index contributed by atoms with van der Waals surface area (Å²) >= 11 is 3.15. The number of halogens is 1. The fourth-order valence-electron chi connectivity index (χ4n) is 3.37. The average Bonchev–Trinajstić information content (AvgIpc) is 3.44. The SMILES string of the molecule is COc1ccc(C)c2sc(N(CCN3CCOCC3)C(=O)C=Cc3cccs3)nc12.Cl. The van der Waals surface area contributed by atoms with Gasteiger partial charge >= 0.3 is 0 Å². The minimum atomic E-state index is -0.0627. The molecule has 4 rings (SSSR count). The maximum Gasteiger partial charge on any atom is 0.252 e. The van der Waals surface area contributed by atoms with E-state index >= 15 is 0 Å². The van der Waals surface area contributed by atoms with Gasteiger partial charge in [-0.2, -0.15) is 0 Å². The molecule has 0 spiro atoms. The predicted octanol–water partition coefficient (Wildman–Crippen LogP) is 4.48. The third-order valence-electron chi connectivity index (χ3n) is 5.09. The second-order valence-electron chi connectivity index (χ2n) is 7.05. The molecule has 1 aliphatic heterocycles. The number of fused-ring (bicyclic) bond motifs is 1. The Bertz CT molecular complexity index is 1030. The van der Waals surface area contributed by atoms with Crippen LogP contribution in [0.2, 0.25) is 0 Å². The molecule has 1 aliphatic rings. The van der Waals surface area contributed by atoms with Crippen LogP contribution in [0.1, 0.15) is 10.4 Å². The first-order valence-corrected chi connectivity index (χ1v) is 11.6. The Morgan fingerprint density at radius 1 is 1.32 bits per heavy atom. The van der Waals surface area contributed by atoms with Crippen LogP contribution in [0.5, 0.6) is 5.75 Å². The molecule has 0 unspecified atom stereocenters. The summed E-state index contributed by atoms with van der Waals surface area (Å²) in [6, 6.07) is 7.93. The second kappa shape index (κ2) is 11.1. The normalized spacial score (nSPS) is 14.6. The monoisotopic (exact) mass is 479 g/mol. The first-order chi connectivity index (χ1) is 14.7.